The predicted octanol–water partition coefficient (Wildman–Crippen LogP) is 1.52. The average molecular weight is 296 g/mol. The summed E-state index contributed by atoms with van der Waals surface area (Å²) in [6, 6.07) is 0. The second-order valence-electron chi connectivity index (χ2n) is 2.69. The third kappa shape index (κ3) is 2.49. The summed E-state index contributed by atoms with van der Waals surface area (Å²) in [5.74, 6) is 0. The van der Waals surface area contributed by atoms with Crippen LogP contribution < -0.4 is 5.56 Å². The van der Waals surface area contributed by atoms with E-state index in [4.69, 9.17) is 0 Å². The van der Waals surface area contributed by atoms with E-state index in [2.05, 4.69) is 4.98 Å². The van der Waals surface area contributed by atoms with Crippen LogP contribution in [0.3, 0.4) is 0 Å². The molecule has 0 aliphatic heterocycles. The van der Waals surface area contributed by atoms with Crippen LogP contribution in [0.25, 0.3) is 0 Å². The Morgan fingerprint density at radius 1 is 1.69 bits per heavy atom. The lowest BCUT2D eigenvalue weighted by molar-refractivity contribution is 0.441. The molecule has 72 valence electrons. The van der Waals surface area contributed by atoms with Crippen molar-refractivity contribution in [2.45, 2.75) is 19.9 Å². The van der Waals surface area contributed by atoms with Crippen LogP contribution in [0.1, 0.15) is 12.1 Å². The maximum Gasteiger partial charge on any atom is 0.267 e. The molecule has 0 bridgehead atoms. The Bertz CT molecular complexity index is 350. The van der Waals surface area contributed by atoms with E-state index in [-0.39, 0.29) is 5.56 Å². The van der Waals surface area contributed by atoms with E-state index in [9.17, 15) is 9.18 Å². The Morgan fingerprint density at radius 2 is 2.38 bits per heavy atom. The van der Waals surface area contributed by atoms with Crippen LogP contribution in [-0.4, -0.2) is 16.2 Å². The molecule has 0 atom stereocenters. The molecule has 0 N–H and O–H groups in total. The third-order valence-electron chi connectivity index (χ3n) is 1.69. The lowest BCUT2D eigenvalue weighted by atomic mass is 10.4. The topological polar surface area (TPSA) is 34.9 Å². The Labute approximate surface area is 89.1 Å². The zero-order valence-corrected chi connectivity index (χ0v) is 9.41. The van der Waals surface area contributed by atoms with Crippen molar-refractivity contribution in [2.24, 2.45) is 0 Å². The molecule has 3 nitrogen and oxygen atoms in total. The fraction of sp³-hybridized carbons (Fsp3) is 0.500. The first kappa shape index (κ1) is 10.6. The van der Waals surface area contributed by atoms with Crippen LogP contribution in [0, 0.1) is 10.5 Å². The monoisotopic (exact) mass is 296 g/mol. The molecular weight excluding hydrogens is 286 g/mol. The van der Waals surface area contributed by atoms with Crippen molar-refractivity contribution in [3.05, 3.63) is 25.9 Å². The number of aromatic nitrogens is 2. The first-order chi connectivity index (χ1) is 6.16. The van der Waals surface area contributed by atoms with Gasteiger partial charge in [0.1, 0.15) is 0 Å². The summed E-state index contributed by atoms with van der Waals surface area (Å²) in [7, 11) is 0. The summed E-state index contributed by atoms with van der Waals surface area (Å²) in [5, 5.41) is 0. The van der Waals surface area contributed by atoms with Gasteiger partial charge in [-0.3, -0.25) is 13.8 Å². The Hall–Kier alpha value is -0.460. The number of rotatable bonds is 3. The fourth-order valence-corrected chi connectivity index (χ4v) is 1.38. The summed E-state index contributed by atoms with van der Waals surface area (Å²) in [6.07, 6.45) is 1.83. The minimum absolute atomic E-state index is 0.0819. The molecule has 0 radical (unpaired) electrons. The first-order valence-electron chi connectivity index (χ1n) is 3.94. The van der Waals surface area contributed by atoms with Gasteiger partial charge in [0.2, 0.25) is 0 Å². The molecule has 1 aromatic heterocycles. The molecular formula is C8H10FIN2O. The minimum atomic E-state index is -0.406. The highest BCUT2D eigenvalue weighted by atomic mass is 127. The molecule has 5 heteroatoms. The van der Waals surface area contributed by atoms with Gasteiger partial charge in [-0.25, -0.2) is 4.98 Å². The largest absolute Gasteiger partial charge is 0.298 e. The molecule has 0 spiro atoms. The second kappa shape index (κ2) is 4.69. The lowest BCUT2D eigenvalue weighted by Gasteiger charge is -2.04. The highest BCUT2D eigenvalue weighted by Gasteiger charge is 2.04. The summed E-state index contributed by atoms with van der Waals surface area (Å²) in [5.41, 5.74) is 0.642. The van der Waals surface area contributed by atoms with Crippen molar-refractivity contribution in [1.82, 2.24) is 9.55 Å². The van der Waals surface area contributed by atoms with Gasteiger partial charge in [0.25, 0.3) is 5.56 Å². The van der Waals surface area contributed by atoms with E-state index >= 15 is 0 Å². The van der Waals surface area contributed by atoms with Gasteiger partial charge in [0, 0.05) is 6.54 Å². The van der Waals surface area contributed by atoms with Crippen molar-refractivity contribution >= 4 is 22.6 Å². The molecule has 0 aliphatic carbocycles. The van der Waals surface area contributed by atoms with Crippen molar-refractivity contribution in [3.63, 3.8) is 0 Å². The Morgan fingerprint density at radius 3 is 3.00 bits per heavy atom. The molecule has 0 fully saturated rings. The summed E-state index contributed by atoms with van der Waals surface area (Å²) < 4.78 is 13.9. The summed E-state index contributed by atoms with van der Waals surface area (Å²) >= 11 is 1.96. The fourth-order valence-electron chi connectivity index (χ4n) is 0.936. The highest BCUT2D eigenvalue weighted by molar-refractivity contribution is 14.1. The predicted molar refractivity (Wildman–Crippen MR) is 56.5 cm³/mol. The zero-order chi connectivity index (χ0) is 9.84. The maximum absolute atomic E-state index is 11.9. The van der Waals surface area contributed by atoms with Gasteiger partial charge in [-0.2, -0.15) is 0 Å². The van der Waals surface area contributed by atoms with E-state index < -0.39 is 6.67 Å². The van der Waals surface area contributed by atoms with Gasteiger partial charge in [-0.15, -0.1) is 0 Å². The van der Waals surface area contributed by atoms with Crippen molar-refractivity contribution in [3.8, 4) is 0 Å². The molecule has 1 rings (SSSR count). The molecule has 1 aromatic rings. The molecule has 0 aromatic carbocycles. The van der Waals surface area contributed by atoms with Gasteiger partial charge in [0.15, 0.2) is 0 Å². The molecule has 0 unspecified atom stereocenters. The van der Waals surface area contributed by atoms with Gasteiger partial charge < -0.3 is 0 Å². The number of nitrogens with zero attached hydrogens (tertiary/aromatic N) is 2. The van der Waals surface area contributed by atoms with E-state index in [0.717, 1.165) is 5.69 Å². The van der Waals surface area contributed by atoms with Crippen molar-refractivity contribution in [1.29, 1.82) is 0 Å². The van der Waals surface area contributed by atoms with Crippen LogP contribution in [0.15, 0.2) is 11.1 Å². The number of aryl methyl sites for hydroxylation is 2. The lowest BCUT2D eigenvalue weighted by Crippen LogP contribution is -2.24. The second-order valence-corrected chi connectivity index (χ2v) is 3.76. The molecule has 13 heavy (non-hydrogen) atoms. The Balaban J connectivity index is 2.97. The number of halogens is 2. The summed E-state index contributed by atoms with van der Waals surface area (Å²) in [6.45, 7) is 1.78. The van der Waals surface area contributed by atoms with E-state index in [0.29, 0.717) is 16.5 Å². The SMILES string of the molecule is Cc1ncn(CCCF)c(=O)c1I. The maximum atomic E-state index is 11.9. The highest BCUT2D eigenvalue weighted by Crippen LogP contribution is 2.01. The Kier molecular flexibility index (Phi) is 3.83. The molecule has 0 saturated carbocycles. The van der Waals surface area contributed by atoms with Crippen LogP contribution in [0.2, 0.25) is 0 Å². The van der Waals surface area contributed by atoms with Crippen LogP contribution in [0.4, 0.5) is 4.39 Å². The van der Waals surface area contributed by atoms with Crippen molar-refractivity contribution in [2.75, 3.05) is 6.67 Å². The van der Waals surface area contributed by atoms with E-state index in [1.807, 2.05) is 22.6 Å². The first-order valence-corrected chi connectivity index (χ1v) is 5.02. The van der Waals surface area contributed by atoms with Gasteiger partial charge >= 0.3 is 0 Å². The van der Waals surface area contributed by atoms with Gasteiger partial charge in [-0.1, -0.05) is 0 Å². The summed E-state index contributed by atoms with van der Waals surface area (Å²) in [4.78, 5) is 15.5. The zero-order valence-electron chi connectivity index (χ0n) is 7.26. The van der Waals surface area contributed by atoms with Gasteiger partial charge in [0.05, 0.1) is 22.3 Å². The average Bonchev–Trinajstić information content (AvgIpc) is 2.13. The molecule has 0 amide bonds. The smallest absolute Gasteiger partial charge is 0.267 e. The van der Waals surface area contributed by atoms with E-state index in [1.54, 1.807) is 6.92 Å². The quantitative estimate of drug-likeness (QED) is 0.793. The number of hydrogen-bond acceptors (Lipinski definition) is 2. The van der Waals surface area contributed by atoms with Crippen molar-refractivity contribution < 1.29 is 4.39 Å². The molecule has 0 aliphatic rings. The molecule has 0 saturated heterocycles. The van der Waals surface area contributed by atoms with Crippen LogP contribution >= 0.6 is 22.6 Å². The third-order valence-corrected chi connectivity index (χ3v) is 2.93. The number of alkyl halides is 1. The van der Waals surface area contributed by atoms with Crippen LogP contribution in [-0.2, 0) is 6.54 Å². The standard InChI is InChI=1S/C8H10FIN2O/c1-6-7(10)8(13)12(5-11-6)4-2-3-9/h5H,2-4H2,1H3. The van der Waals surface area contributed by atoms with E-state index in [1.165, 1.54) is 10.9 Å². The number of hydrogen-bond donors (Lipinski definition) is 0. The van der Waals surface area contributed by atoms with Crippen LogP contribution in [0.5, 0.6) is 0 Å². The normalized spacial score (nSPS) is 10.4. The van der Waals surface area contributed by atoms with Gasteiger partial charge in [-0.05, 0) is 35.9 Å². The molecule has 1 heterocycles. The minimum Gasteiger partial charge on any atom is -0.298 e.